The number of ether oxygens (including phenoxy) is 1. The molecule has 0 heterocycles. The molecule has 110 valence electrons. The molecule has 0 bridgehead atoms. The highest BCUT2D eigenvalue weighted by Crippen LogP contribution is 2.28. The number of hydrogen-bond donors (Lipinski definition) is 1. The van der Waals surface area contributed by atoms with Gasteiger partial charge < -0.3 is 14.7 Å². The number of amides is 2. The monoisotopic (exact) mass is 280 g/mol. The van der Waals surface area contributed by atoms with E-state index in [4.69, 9.17) is 4.74 Å². The molecule has 0 fully saturated rings. The molecule has 1 rings (SSSR count). The van der Waals surface area contributed by atoms with Gasteiger partial charge in [0.1, 0.15) is 11.3 Å². The van der Waals surface area contributed by atoms with Crippen molar-refractivity contribution in [2.75, 3.05) is 26.1 Å². The molecule has 0 aliphatic rings. The maximum atomic E-state index is 12.4. The van der Waals surface area contributed by atoms with E-state index in [9.17, 15) is 14.7 Å². The van der Waals surface area contributed by atoms with Gasteiger partial charge in [-0.3, -0.25) is 4.90 Å². The van der Waals surface area contributed by atoms with Crippen LogP contribution >= 0.6 is 0 Å². The first-order valence-corrected chi connectivity index (χ1v) is 6.11. The second kappa shape index (κ2) is 5.81. The SMILES string of the molecule is COc1ccccc1N(C)C(=O)N(C)C(C)(C)C(=O)O. The predicted molar refractivity (Wildman–Crippen MR) is 76.3 cm³/mol. The number of anilines is 1. The Bertz CT molecular complexity index is 514. The second-order valence-electron chi connectivity index (χ2n) is 4.94. The Labute approximate surface area is 118 Å². The predicted octanol–water partition coefficient (Wildman–Crippen LogP) is 2.05. The minimum atomic E-state index is -1.30. The number of urea groups is 1. The molecule has 6 heteroatoms. The molecule has 0 atom stereocenters. The van der Waals surface area contributed by atoms with Gasteiger partial charge in [0.25, 0.3) is 0 Å². The lowest BCUT2D eigenvalue weighted by atomic mass is 10.0. The lowest BCUT2D eigenvalue weighted by Crippen LogP contribution is -2.54. The van der Waals surface area contributed by atoms with E-state index in [0.29, 0.717) is 11.4 Å². The topological polar surface area (TPSA) is 70.1 Å². The Balaban J connectivity index is 3.06. The quantitative estimate of drug-likeness (QED) is 0.916. The second-order valence-corrected chi connectivity index (χ2v) is 4.94. The molecule has 0 aliphatic carbocycles. The number of benzene rings is 1. The number of rotatable bonds is 4. The van der Waals surface area contributed by atoms with Gasteiger partial charge in [0.05, 0.1) is 12.8 Å². The van der Waals surface area contributed by atoms with Crippen molar-refractivity contribution in [3.8, 4) is 5.75 Å². The van der Waals surface area contributed by atoms with Crippen LogP contribution in [0.15, 0.2) is 24.3 Å². The fourth-order valence-electron chi connectivity index (χ4n) is 1.62. The molecule has 1 N–H and O–H groups in total. The van der Waals surface area contributed by atoms with Crippen molar-refractivity contribution >= 4 is 17.7 Å². The number of nitrogens with zero attached hydrogens (tertiary/aromatic N) is 2. The average Bonchev–Trinajstić information content (AvgIpc) is 2.44. The number of carboxylic acid groups (broad SMARTS) is 1. The molecule has 0 spiro atoms. The minimum Gasteiger partial charge on any atom is -0.495 e. The van der Waals surface area contributed by atoms with Crippen molar-refractivity contribution in [1.29, 1.82) is 0 Å². The average molecular weight is 280 g/mol. The number of likely N-dealkylation sites (N-methyl/N-ethyl adjacent to an activating group) is 1. The van der Waals surface area contributed by atoms with E-state index in [1.54, 1.807) is 31.3 Å². The van der Waals surface area contributed by atoms with Gasteiger partial charge in [0, 0.05) is 14.1 Å². The van der Waals surface area contributed by atoms with Crippen LogP contribution in [0.3, 0.4) is 0 Å². The highest BCUT2D eigenvalue weighted by Gasteiger charge is 2.37. The van der Waals surface area contributed by atoms with Crippen LogP contribution < -0.4 is 9.64 Å². The first-order valence-electron chi connectivity index (χ1n) is 6.11. The zero-order chi connectivity index (χ0) is 15.5. The molecular weight excluding hydrogens is 260 g/mol. The van der Waals surface area contributed by atoms with Gasteiger partial charge in [-0.15, -0.1) is 0 Å². The van der Waals surface area contributed by atoms with Crippen molar-refractivity contribution in [1.82, 2.24) is 4.90 Å². The highest BCUT2D eigenvalue weighted by molar-refractivity contribution is 5.96. The molecule has 1 aromatic rings. The van der Waals surface area contributed by atoms with Crippen LogP contribution in [0.4, 0.5) is 10.5 Å². The Kier molecular flexibility index (Phi) is 4.60. The van der Waals surface area contributed by atoms with Gasteiger partial charge in [-0.05, 0) is 26.0 Å². The molecule has 0 unspecified atom stereocenters. The summed E-state index contributed by atoms with van der Waals surface area (Å²) in [4.78, 5) is 26.2. The molecule has 0 radical (unpaired) electrons. The summed E-state index contributed by atoms with van der Waals surface area (Å²) in [6, 6.07) is 6.62. The van der Waals surface area contributed by atoms with Gasteiger partial charge in [0.15, 0.2) is 0 Å². The van der Waals surface area contributed by atoms with Crippen molar-refractivity contribution in [2.45, 2.75) is 19.4 Å². The summed E-state index contributed by atoms with van der Waals surface area (Å²) in [5, 5.41) is 9.18. The smallest absolute Gasteiger partial charge is 0.329 e. The van der Waals surface area contributed by atoms with Crippen LogP contribution in [0, 0.1) is 0 Å². The summed E-state index contributed by atoms with van der Waals surface area (Å²) in [6.07, 6.45) is 0. The number of hydrogen-bond acceptors (Lipinski definition) is 3. The van der Waals surface area contributed by atoms with E-state index >= 15 is 0 Å². The molecule has 6 nitrogen and oxygen atoms in total. The maximum Gasteiger partial charge on any atom is 0.329 e. The molecule has 0 aromatic heterocycles. The van der Waals surface area contributed by atoms with Crippen LogP contribution in [0.2, 0.25) is 0 Å². The number of aliphatic carboxylic acids is 1. The summed E-state index contributed by atoms with van der Waals surface area (Å²) in [5.74, 6) is -0.522. The summed E-state index contributed by atoms with van der Waals surface area (Å²) in [7, 11) is 4.55. The van der Waals surface area contributed by atoms with Crippen LogP contribution in [0.5, 0.6) is 5.75 Å². The first-order chi connectivity index (χ1) is 9.23. The van der Waals surface area contributed by atoms with Crippen molar-refractivity contribution in [3.63, 3.8) is 0 Å². The van der Waals surface area contributed by atoms with Crippen LogP contribution in [-0.4, -0.2) is 48.8 Å². The Morgan fingerprint density at radius 1 is 1.20 bits per heavy atom. The number of methoxy groups -OCH3 is 1. The number of carbonyl (C=O) groups is 2. The summed E-state index contributed by atoms with van der Waals surface area (Å²) >= 11 is 0. The van der Waals surface area contributed by atoms with Gasteiger partial charge in [0.2, 0.25) is 0 Å². The zero-order valence-corrected chi connectivity index (χ0v) is 12.4. The molecule has 0 aliphatic heterocycles. The lowest BCUT2D eigenvalue weighted by Gasteiger charge is -2.34. The standard InChI is InChI=1S/C14H20N2O4/c1-14(2,12(17)18)16(4)13(19)15(3)10-8-6-7-9-11(10)20-5/h6-9H,1-5H3,(H,17,18). The fraction of sp³-hybridized carbons (Fsp3) is 0.429. The summed E-state index contributed by atoms with van der Waals surface area (Å²) < 4.78 is 5.20. The number of carbonyl (C=O) groups excluding carboxylic acids is 1. The molecular formula is C14H20N2O4. The van der Waals surface area contributed by atoms with Crippen molar-refractivity contribution in [2.24, 2.45) is 0 Å². The van der Waals surface area contributed by atoms with E-state index in [1.807, 2.05) is 0 Å². The molecule has 20 heavy (non-hydrogen) atoms. The van der Waals surface area contributed by atoms with Crippen molar-refractivity contribution in [3.05, 3.63) is 24.3 Å². The van der Waals surface area contributed by atoms with Gasteiger partial charge in [-0.25, -0.2) is 9.59 Å². The third kappa shape index (κ3) is 2.84. The van der Waals surface area contributed by atoms with Crippen molar-refractivity contribution < 1.29 is 19.4 Å². The third-order valence-electron chi connectivity index (χ3n) is 3.38. The summed E-state index contributed by atoms with van der Waals surface area (Å²) in [5.41, 5.74) is -0.721. The third-order valence-corrected chi connectivity index (χ3v) is 3.38. The normalized spacial score (nSPS) is 10.8. The van der Waals surface area contributed by atoms with E-state index in [0.717, 1.165) is 0 Å². The van der Waals surface area contributed by atoms with E-state index in [-0.39, 0.29) is 0 Å². The first kappa shape index (κ1) is 15.8. The molecule has 2 amide bonds. The molecule has 0 saturated heterocycles. The van der Waals surface area contributed by atoms with E-state index in [1.165, 1.54) is 37.8 Å². The van der Waals surface area contributed by atoms with Crippen LogP contribution in [-0.2, 0) is 4.79 Å². The Hall–Kier alpha value is -2.24. The van der Waals surface area contributed by atoms with Crippen LogP contribution in [0.1, 0.15) is 13.8 Å². The van der Waals surface area contributed by atoms with E-state index in [2.05, 4.69) is 0 Å². The van der Waals surface area contributed by atoms with Gasteiger partial charge in [-0.1, -0.05) is 12.1 Å². The van der Waals surface area contributed by atoms with Gasteiger partial charge in [-0.2, -0.15) is 0 Å². The lowest BCUT2D eigenvalue weighted by molar-refractivity contribution is -0.146. The van der Waals surface area contributed by atoms with Crippen LogP contribution in [0.25, 0.3) is 0 Å². The summed E-state index contributed by atoms with van der Waals surface area (Å²) in [6.45, 7) is 2.95. The molecule has 0 saturated carbocycles. The highest BCUT2D eigenvalue weighted by atomic mass is 16.5. The maximum absolute atomic E-state index is 12.4. The minimum absolute atomic E-state index is 0.429. The Morgan fingerprint density at radius 2 is 1.75 bits per heavy atom. The largest absolute Gasteiger partial charge is 0.495 e. The van der Waals surface area contributed by atoms with E-state index < -0.39 is 17.5 Å². The number of para-hydroxylation sites is 2. The fourth-order valence-corrected chi connectivity index (χ4v) is 1.62. The zero-order valence-electron chi connectivity index (χ0n) is 12.4. The number of carboxylic acids is 1. The van der Waals surface area contributed by atoms with Gasteiger partial charge >= 0.3 is 12.0 Å². The molecule has 1 aromatic carbocycles. The Morgan fingerprint density at radius 3 is 2.25 bits per heavy atom.